The van der Waals surface area contributed by atoms with Gasteiger partial charge in [0.25, 0.3) is 0 Å². The van der Waals surface area contributed by atoms with Crippen molar-refractivity contribution in [2.24, 2.45) is 0 Å². The van der Waals surface area contributed by atoms with Gasteiger partial charge in [0.15, 0.2) is 0 Å². The van der Waals surface area contributed by atoms with Crippen LogP contribution in [0.25, 0.3) is 0 Å². The molecule has 2 amide bonds. The zero-order valence-electron chi connectivity index (χ0n) is 22.7. The Kier molecular flexibility index (Phi) is 9.76. The van der Waals surface area contributed by atoms with Gasteiger partial charge in [-0.3, -0.25) is 13.9 Å². The maximum atomic E-state index is 13.8. The molecule has 7 nitrogen and oxygen atoms in total. The van der Waals surface area contributed by atoms with Crippen LogP contribution in [0.3, 0.4) is 0 Å². The van der Waals surface area contributed by atoms with Crippen LogP contribution in [0.4, 0.5) is 5.69 Å². The molecule has 2 aromatic carbocycles. The Morgan fingerprint density at radius 3 is 2.22 bits per heavy atom. The Balaban J connectivity index is 1.93. The number of rotatable bonds is 10. The molecule has 3 rings (SSSR count). The average Bonchev–Trinajstić information content (AvgIpc) is 2.86. The Morgan fingerprint density at radius 2 is 1.59 bits per heavy atom. The van der Waals surface area contributed by atoms with Crippen LogP contribution in [0, 0.1) is 6.92 Å². The molecule has 0 bridgehead atoms. The highest BCUT2D eigenvalue weighted by Crippen LogP contribution is 2.29. The lowest BCUT2D eigenvalue weighted by Gasteiger charge is -2.33. The predicted octanol–water partition coefficient (Wildman–Crippen LogP) is 4.75. The second-order valence-electron chi connectivity index (χ2n) is 10.5. The Bertz CT molecular complexity index is 1190. The van der Waals surface area contributed by atoms with Crippen molar-refractivity contribution in [3.8, 4) is 0 Å². The van der Waals surface area contributed by atoms with Crippen molar-refractivity contribution in [3.63, 3.8) is 0 Å². The van der Waals surface area contributed by atoms with E-state index in [-0.39, 0.29) is 31.0 Å². The normalized spacial score (nSPS) is 15.3. The van der Waals surface area contributed by atoms with E-state index in [0.717, 1.165) is 48.6 Å². The lowest BCUT2D eigenvalue weighted by Crippen LogP contribution is -2.53. The molecule has 0 radical (unpaired) electrons. The quantitative estimate of drug-likeness (QED) is 0.483. The van der Waals surface area contributed by atoms with Gasteiger partial charge in [-0.15, -0.1) is 0 Å². The fourth-order valence-electron chi connectivity index (χ4n) is 4.92. The number of nitrogens with zero attached hydrogens (tertiary/aromatic N) is 2. The third-order valence-corrected chi connectivity index (χ3v) is 8.35. The van der Waals surface area contributed by atoms with Crippen LogP contribution in [0.15, 0.2) is 48.5 Å². The minimum Gasteiger partial charge on any atom is -0.352 e. The van der Waals surface area contributed by atoms with Gasteiger partial charge in [0.2, 0.25) is 21.8 Å². The van der Waals surface area contributed by atoms with Crippen molar-refractivity contribution < 1.29 is 18.0 Å². The summed E-state index contributed by atoms with van der Waals surface area (Å²) in [6, 6.07) is 14.3. The minimum atomic E-state index is -3.77. The molecule has 0 aromatic heterocycles. The molecule has 8 heteroatoms. The number of nitrogens with one attached hydrogen (secondary N) is 1. The van der Waals surface area contributed by atoms with Gasteiger partial charge in [-0.25, -0.2) is 8.42 Å². The Labute approximate surface area is 222 Å². The summed E-state index contributed by atoms with van der Waals surface area (Å²) < 4.78 is 27.0. The van der Waals surface area contributed by atoms with Gasteiger partial charge >= 0.3 is 0 Å². The van der Waals surface area contributed by atoms with Gasteiger partial charge in [0.1, 0.15) is 12.6 Å². The topological polar surface area (TPSA) is 86.8 Å². The molecule has 2 aromatic rings. The Morgan fingerprint density at radius 1 is 0.973 bits per heavy atom. The van der Waals surface area contributed by atoms with E-state index in [1.807, 2.05) is 57.2 Å². The first-order valence-electron chi connectivity index (χ1n) is 13.2. The molecule has 0 heterocycles. The summed E-state index contributed by atoms with van der Waals surface area (Å²) in [5.41, 5.74) is 3.25. The molecule has 1 fully saturated rings. The standard InChI is InChI=1S/C29H41N3O4S/c1-21(2)26-17-11-12-18-27(26)32(37(5,35)36)20-28(33)31(19-24-14-10-9-13-22(24)3)23(4)29(34)30-25-15-7-6-8-16-25/h9-14,17-18,21,23,25H,6-8,15-16,19-20H2,1-5H3,(H,30,34)/t23-/m0/s1. The first-order chi connectivity index (χ1) is 17.5. The van der Waals surface area contributed by atoms with Gasteiger partial charge in [-0.05, 0) is 55.4 Å². The van der Waals surface area contributed by atoms with Crippen molar-refractivity contribution >= 4 is 27.5 Å². The SMILES string of the molecule is Cc1ccccc1CN(C(=O)CN(c1ccccc1C(C)C)S(C)(=O)=O)[C@@H](C)C(=O)NC1CCCCC1. The van der Waals surface area contributed by atoms with Crippen molar-refractivity contribution in [2.75, 3.05) is 17.1 Å². The van der Waals surface area contributed by atoms with Crippen LogP contribution in [0.2, 0.25) is 0 Å². The number of aryl methyl sites for hydroxylation is 1. The number of anilines is 1. The first-order valence-corrected chi connectivity index (χ1v) is 15.0. The summed E-state index contributed by atoms with van der Waals surface area (Å²) in [6.45, 7) is 7.50. The number of para-hydroxylation sites is 1. The van der Waals surface area contributed by atoms with Crippen molar-refractivity contribution in [3.05, 3.63) is 65.2 Å². The zero-order valence-corrected chi connectivity index (χ0v) is 23.6. The second kappa shape index (κ2) is 12.6. The molecule has 0 spiro atoms. The van der Waals surface area contributed by atoms with Gasteiger partial charge in [0, 0.05) is 12.6 Å². The van der Waals surface area contributed by atoms with Crippen molar-refractivity contribution in [2.45, 2.75) is 84.3 Å². The highest BCUT2D eigenvalue weighted by molar-refractivity contribution is 7.92. The molecule has 37 heavy (non-hydrogen) atoms. The van der Waals surface area contributed by atoms with E-state index >= 15 is 0 Å². The second-order valence-corrected chi connectivity index (χ2v) is 12.4. The van der Waals surface area contributed by atoms with E-state index in [9.17, 15) is 18.0 Å². The third-order valence-electron chi connectivity index (χ3n) is 7.23. The fraction of sp³-hybridized carbons (Fsp3) is 0.517. The fourth-order valence-corrected chi connectivity index (χ4v) is 5.79. The predicted molar refractivity (Wildman–Crippen MR) is 149 cm³/mol. The van der Waals surface area contributed by atoms with Crippen LogP contribution < -0.4 is 9.62 Å². The molecular formula is C29H41N3O4S. The molecule has 202 valence electrons. The van der Waals surface area contributed by atoms with Crippen LogP contribution in [0.5, 0.6) is 0 Å². The van der Waals surface area contributed by atoms with Gasteiger partial charge < -0.3 is 10.2 Å². The molecule has 1 aliphatic carbocycles. The summed E-state index contributed by atoms with van der Waals surface area (Å²) in [5, 5.41) is 3.13. The lowest BCUT2D eigenvalue weighted by atomic mass is 9.95. The van der Waals surface area contributed by atoms with Crippen LogP contribution in [-0.4, -0.2) is 50.0 Å². The summed E-state index contributed by atoms with van der Waals surface area (Å²) in [6.07, 6.45) is 6.35. The van der Waals surface area contributed by atoms with E-state index in [4.69, 9.17) is 0 Å². The van der Waals surface area contributed by atoms with E-state index in [1.54, 1.807) is 19.1 Å². The minimum absolute atomic E-state index is 0.0684. The highest BCUT2D eigenvalue weighted by Gasteiger charge is 2.32. The summed E-state index contributed by atoms with van der Waals surface area (Å²) in [7, 11) is -3.77. The van der Waals surface area contributed by atoms with Gasteiger partial charge in [0.05, 0.1) is 11.9 Å². The van der Waals surface area contributed by atoms with E-state index in [2.05, 4.69) is 5.32 Å². The zero-order chi connectivity index (χ0) is 27.2. The first kappa shape index (κ1) is 28.7. The van der Waals surface area contributed by atoms with Crippen LogP contribution >= 0.6 is 0 Å². The molecular weight excluding hydrogens is 486 g/mol. The van der Waals surface area contributed by atoms with Gasteiger partial charge in [-0.2, -0.15) is 0 Å². The molecule has 1 saturated carbocycles. The highest BCUT2D eigenvalue weighted by atomic mass is 32.2. The number of carbonyl (C=O) groups is 2. The Hall–Kier alpha value is -2.87. The van der Waals surface area contributed by atoms with Crippen LogP contribution in [0.1, 0.15) is 75.5 Å². The number of sulfonamides is 1. The molecule has 0 unspecified atom stereocenters. The van der Waals surface area contributed by atoms with E-state index in [0.29, 0.717) is 5.69 Å². The third kappa shape index (κ3) is 7.57. The number of hydrogen-bond acceptors (Lipinski definition) is 4. The summed E-state index contributed by atoms with van der Waals surface area (Å²) >= 11 is 0. The van der Waals surface area contributed by atoms with Gasteiger partial charge in [-0.1, -0.05) is 75.6 Å². The number of hydrogen-bond donors (Lipinski definition) is 1. The number of benzene rings is 2. The molecule has 1 atom stereocenters. The monoisotopic (exact) mass is 527 g/mol. The maximum Gasteiger partial charge on any atom is 0.244 e. The van der Waals surface area contributed by atoms with Crippen molar-refractivity contribution in [1.29, 1.82) is 0 Å². The maximum absolute atomic E-state index is 13.8. The van der Waals surface area contributed by atoms with E-state index < -0.39 is 22.0 Å². The average molecular weight is 528 g/mol. The molecule has 1 N–H and O–H groups in total. The van der Waals surface area contributed by atoms with Crippen molar-refractivity contribution in [1.82, 2.24) is 10.2 Å². The summed E-state index contributed by atoms with van der Waals surface area (Å²) in [5.74, 6) is -0.556. The number of amides is 2. The summed E-state index contributed by atoms with van der Waals surface area (Å²) in [4.78, 5) is 28.7. The largest absolute Gasteiger partial charge is 0.352 e. The van der Waals surface area contributed by atoms with Crippen LogP contribution in [-0.2, 0) is 26.2 Å². The lowest BCUT2D eigenvalue weighted by molar-refractivity contribution is -0.139. The van der Waals surface area contributed by atoms with E-state index in [1.165, 1.54) is 15.6 Å². The molecule has 1 aliphatic rings. The number of carbonyl (C=O) groups excluding carboxylic acids is 2. The smallest absolute Gasteiger partial charge is 0.244 e. The molecule has 0 saturated heterocycles. The molecule has 0 aliphatic heterocycles.